The van der Waals surface area contributed by atoms with E-state index in [1.54, 1.807) is 0 Å². The molecule has 3 N–H and O–H groups in total. The summed E-state index contributed by atoms with van der Waals surface area (Å²) in [7, 11) is 0. The average molecular weight is 297 g/mol. The topological polar surface area (TPSA) is 38.0 Å². The Morgan fingerprint density at radius 2 is 1.88 bits per heavy atom. The lowest BCUT2D eigenvalue weighted by molar-refractivity contribution is 0.459. The van der Waals surface area contributed by atoms with Crippen molar-refractivity contribution >= 4 is 21.6 Å². The van der Waals surface area contributed by atoms with Crippen LogP contribution in [0.4, 0.5) is 5.69 Å². The molecule has 0 aromatic heterocycles. The summed E-state index contributed by atoms with van der Waals surface area (Å²) in [6, 6.07) is 6.90. The molecule has 0 atom stereocenters. The second-order valence-corrected chi connectivity index (χ2v) is 5.78. The van der Waals surface area contributed by atoms with Crippen LogP contribution in [0.3, 0.4) is 0 Å². The van der Waals surface area contributed by atoms with E-state index in [9.17, 15) is 0 Å². The van der Waals surface area contributed by atoms with Crippen LogP contribution in [0.25, 0.3) is 0 Å². The molecule has 1 aromatic carbocycles. The van der Waals surface area contributed by atoms with E-state index in [2.05, 4.69) is 27.3 Å². The molecule has 0 bridgehead atoms. The summed E-state index contributed by atoms with van der Waals surface area (Å²) in [4.78, 5) is 0. The maximum atomic E-state index is 5.88. The van der Waals surface area contributed by atoms with E-state index in [1.165, 1.54) is 44.1 Å². The summed E-state index contributed by atoms with van der Waals surface area (Å²) in [6.45, 7) is 0.933. The standard InChI is InChI=1S/C14H21BrN2/c15-13-8-7-11(9-14(13)16)10-17-12-5-3-1-2-4-6-12/h7-9,12,17H,1-6,10,16H2. The zero-order chi connectivity index (χ0) is 12.1. The molecule has 0 aliphatic heterocycles. The number of nitrogens with two attached hydrogens (primary N) is 1. The molecular weight excluding hydrogens is 276 g/mol. The van der Waals surface area contributed by atoms with Crippen LogP contribution in [0.2, 0.25) is 0 Å². The fourth-order valence-electron chi connectivity index (χ4n) is 2.45. The summed E-state index contributed by atoms with van der Waals surface area (Å²) in [6.07, 6.45) is 8.21. The lowest BCUT2D eigenvalue weighted by Gasteiger charge is -2.16. The first-order valence-electron chi connectivity index (χ1n) is 6.53. The number of hydrogen-bond donors (Lipinski definition) is 2. The third-order valence-electron chi connectivity index (χ3n) is 3.51. The number of halogens is 1. The van der Waals surface area contributed by atoms with Gasteiger partial charge in [-0.25, -0.2) is 0 Å². The average Bonchev–Trinajstić information content (AvgIpc) is 2.59. The van der Waals surface area contributed by atoms with Gasteiger partial charge in [-0.2, -0.15) is 0 Å². The molecule has 1 fully saturated rings. The Morgan fingerprint density at radius 3 is 2.53 bits per heavy atom. The van der Waals surface area contributed by atoms with Crippen molar-refractivity contribution in [3.8, 4) is 0 Å². The minimum atomic E-state index is 0.697. The van der Waals surface area contributed by atoms with E-state index in [-0.39, 0.29) is 0 Å². The Labute approximate surface area is 112 Å². The van der Waals surface area contributed by atoms with Crippen LogP contribution in [0, 0.1) is 0 Å². The van der Waals surface area contributed by atoms with Crippen molar-refractivity contribution in [1.82, 2.24) is 5.32 Å². The fourth-order valence-corrected chi connectivity index (χ4v) is 2.70. The van der Waals surface area contributed by atoms with E-state index >= 15 is 0 Å². The SMILES string of the molecule is Nc1cc(CNC2CCCCCC2)ccc1Br. The monoisotopic (exact) mass is 296 g/mol. The fraction of sp³-hybridized carbons (Fsp3) is 0.571. The van der Waals surface area contributed by atoms with Crippen molar-refractivity contribution in [3.63, 3.8) is 0 Å². The van der Waals surface area contributed by atoms with Crippen LogP contribution < -0.4 is 11.1 Å². The number of nitrogen functional groups attached to an aromatic ring is 1. The Morgan fingerprint density at radius 1 is 1.18 bits per heavy atom. The Kier molecular flexibility index (Phi) is 4.86. The third-order valence-corrected chi connectivity index (χ3v) is 4.23. The maximum absolute atomic E-state index is 5.88. The number of rotatable bonds is 3. The summed E-state index contributed by atoms with van der Waals surface area (Å²) < 4.78 is 0.982. The zero-order valence-corrected chi connectivity index (χ0v) is 11.8. The number of nitrogens with one attached hydrogen (secondary N) is 1. The molecule has 0 heterocycles. The first-order valence-corrected chi connectivity index (χ1v) is 7.32. The lowest BCUT2D eigenvalue weighted by atomic mass is 10.1. The first-order chi connectivity index (χ1) is 8.25. The van der Waals surface area contributed by atoms with E-state index in [4.69, 9.17) is 5.73 Å². The van der Waals surface area contributed by atoms with Gasteiger partial charge in [-0.15, -0.1) is 0 Å². The van der Waals surface area contributed by atoms with Gasteiger partial charge in [0.15, 0.2) is 0 Å². The summed E-state index contributed by atoms with van der Waals surface area (Å²) in [5.41, 5.74) is 7.98. The molecule has 1 saturated carbocycles. The van der Waals surface area contributed by atoms with Gasteiger partial charge in [0.1, 0.15) is 0 Å². The predicted molar refractivity (Wildman–Crippen MR) is 76.9 cm³/mol. The molecule has 0 saturated heterocycles. The van der Waals surface area contributed by atoms with Gasteiger partial charge in [0.25, 0.3) is 0 Å². The molecule has 2 nitrogen and oxygen atoms in total. The molecule has 0 radical (unpaired) electrons. The van der Waals surface area contributed by atoms with Gasteiger partial charge in [0, 0.05) is 22.7 Å². The maximum Gasteiger partial charge on any atom is 0.0461 e. The molecule has 0 unspecified atom stereocenters. The van der Waals surface area contributed by atoms with E-state index in [1.807, 2.05) is 12.1 Å². The molecular formula is C14H21BrN2. The van der Waals surface area contributed by atoms with E-state index < -0.39 is 0 Å². The third kappa shape index (κ3) is 4.00. The first kappa shape index (κ1) is 12.9. The normalized spacial score (nSPS) is 17.9. The molecule has 2 rings (SSSR count). The van der Waals surface area contributed by atoms with Crippen molar-refractivity contribution in [2.24, 2.45) is 0 Å². The van der Waals surface area contributed by atoms with Gasteiger partial charge in [0.05, 0.1) is 0 Å². The highest BCUT2D eigenvalue weighted by Gasteiger charge is 2.11. The molecule has 3 heteroatoms. The van der Waals surface area contributed by atoms with Crippen molar-refractivity contribution < 1.29 is 0 Å². The Balaban J connectivity index is 1.85. The van der Waals surface area contributed by atoms with Crippen molar-refractivity contribution in [2.45, 2.75) is 51.1 Å². The van der Waals surface area contributed by atoms with Gasteiger partial charge in [-0.05, 0) is 46.5 Å². The quantitative estimate of drug-likeness (QED) is 0.657. The Bertz CT molecular complexity index is 357. The van der Waals surface area contributed by atoms with Crippen molar-refractivity contribution in [3.05, 3.63) is 28.2 Å². The predicted octanol–water partition coefficient (Wildman–Crippen LogP) is 3.84. The second-order valence-electron chi connectivity index (χ2n) is 4.93. The summed E-state index contributed by atoms with van der Waals surface area (Å²) >= 11 is 3.42. The second kappa shape index (κ2) is 6.41. The molecule has 17 heavy (non-hydrogen) atoms. The number of benzene rings is 1. The highest BCUT2D eigenvalue weighted by Crippen LogP contribution is 2.21. The number of hydrogen-bond acceptors (Lipinski definition) is 2. The van der Waals surface area contributed by atoms with Gasteiger partial charge in [-0.1, -0.05) is 31.7 Å². The van der Waals surface area contributed by atoms with Crippen molar-refractivity contribution in [1.29, 1.82) is 0 Å². The summed E-state index contributed by atoms with van der Waals surface area (Å²) in [5.74, 6) is 0. The van der Waals surface area contributed by atoms with Gasteiger partial charge in [-0.3, -0.25) is 0 Å². The lowest BCUT2D eigenvalue weighted by Crippen LogP contribution is -2.27. The van der Waals surface area contributed by atoms with Gasteiger partial charge < -0.3 is 11.1 Å². The molecule has 94 valence electrons. The van der Waals surface area contributed by atoms with Crippen LogP contribution >= 0.6 is 15.9 Å². The molecule has 1 aromatic rings. The molecule has 1 aliphatic carbocycles. The van der Waals surface area contributed by atoms with E-state index in [0.717, 1.165) is 16.7 Å². The minimum absolute atomic E-state index is 0.697. The van der Waals surface area contributed by atoms with Crippen LogP contribution in [0.15, 0.2) is 22.7 Å². The highest BCUT2D eigenvalue weighted by molar-refractivity contribution is 9.10. The van der Waals surface area contributed by atoms with E-state index in [0.29, 0.717) is 6.04 Å². The summed E-state index contributed by atoms with van der Waals surface area (Å²) in [5, 5.41) is 3.65. The van der Waals surface area contributed by atoms with Crippen molar-refractivity contribution in [2.75, 3.05) is 5.73 Å². The molecule has 0 spiro atoms. The van der Waals surface area contributed by atoms with Crippen LogP contribution in [0.5, 0.6) is 0 Å². The number of anilines is 1. The van der Waals surface area contributed by atoms with Gasteiger partial charge in [0.2, 0.25) is 0 Å². The molecule has 0 amide bonds. The largest absolute Gasteiger partial charge is 0.398 e. The Hall–Kier alpha value is -0.540. The smallest absolute Gasteiger partial charge is 0.0461 e. The van der Waals surface area contributed by atoms with Gasteiger partial charge >= 0.3 is 0 Å². The van der Waals surface area contributed by atoms with Crippen LogP contribution in [0.1, 0.15) is 44.1 Å². The van der Waals surface area contributed by atoms with Crippen LogP contribution in [-0.2, 0) is 6.54 Å². The highest BCUT2D eigenvalue weighted by atomic mass is 79.9. The zero-order valence-electron chi connectivity index (χ0n) is 10.2. The van der Waals surface area contributed by atoms with Crippen LogP contribution in [-0.4, -0.2) is 6.04 Å². The molecule has 1 aliphatic rings. The minimum Gasteiger partial charge on any atom is -0.398 e.